The molecular weight excluding hydrogens is 200 g/mol. The van der Waals surface area contributed by atoms with Crippen molar-refractivity contribution in [3.63, 3.8) is 0 Å². The molecule has 8 nitrogen and oxygen atoms in total. The minimum Gasteiger partial charge on any atom is -0.394 e. The molecule has 0 spiro atoms. The van der Waals surface area contributed by atoms with E-state index in [4.69, 9.17) is 40.9 Å². The van der Waals surface area contributed by atoms with Gasteiger partial charge in [-0.25, -0.2) is 0 Å². The molecule has 0 aromatic carbocycles. The molecule has 0 rings (SSSR count). The molecule has 0 aromatic rings. The summed E-state index contributed by atoms with van der Waals surface area (Å²) in [4.78, 5) is 0. The summed E-state index contributed by atoms with van der Waals surface area (Å²) < 4.78 is 0. The molecule has 0 heterocycles. The summed E-state index contributed by atoms with van der Waals surface area (Å²) >= 11 is 0. The molecule has 0 unspecified atom stereocenters. The Labute approximate surface area is 78.9 Å². The Balaban J connectivity index is 4.38. The van der Waals surface area contributed by atoms with Gasteiger partial charge in [-0.3, -0.25) is 0 Å². The highest BCUT2D eigenvalue weighted by Crippen LogP contribution is 2.12. The minimum atomic E-state index is -3.60. The molecule has 0 radical (unpaired) electrons. The Kier molecular flexibility index (Phi) is 4.84. The molecule has 0 saturated heterocycles. The van der Waals surface area contributed by atoms with Crippen molar-refractivity contribution < 1.29 is 40.9 Å². The van der Waals surface area contributed by atoms with Crippen LogP contribution >= 0.6 is 0 Å². The zero-order chi connectivity index (χ0) is 11.5. The number of aliphatic hydroxyl groups is 8. The van der Waals surface area contributed by atoms with Crippen molar-refractivity contribution in [2.24, 2.45) is 0 Å². The lowest BCUT2D eigenvalue weighted by molar-refractivity contribution is -0.371. The molecule has 0 amide bonds. The van der Waals surface area contributed by atoms with Gasteiger partial charge in [0.05, 0.1) is 6.61 Å². The maximum Gasteiger partial charge on any atom is 0.305 e. The molecule has 0 aromatic heterocycles. The maximum absolute atomic E-state index is 8.97. The van der Waals surface area contributed by atoms with Crippen LogP contribution in [0.4, 0.5) is 0 Å². The van der Waals surface area contributed by atoms with Crippen LogP contribution in [0.15, 0.2) is 0 Å². The monoisotopic (exact) mass is 214 g/mol. The van der Waals surface area contributed by atoms with E-state index in [1.807, 2.05) is 0 Å². The number of hydrogen-bond acceptors (Lipinski definition) is 8. The van der Waals surface area contributed by atoms with Crippen molar-refractivity contribution >= 4 is 0 Å². The van der Waals surface area contributed by atoms with Crippen LogP contribution in [0.5, 0.6) is 0 Å². The second kappa shape index (κ2) is 4.96. The Morgan fingerprint density at radius 1 is 0.857 bits per heavy atom. The first-order valence-corrected chi connectivity index (χ1v) is 3.72. The molecule has 0 saturated carbocycles. The van der Waals surface area contributed by atoms with Gasteiger partial charge in [-0.2, -0.15) is 0 Å². The zero-order valence-corrected chi connectivity index (χ0v) is 7.09. The van der Waals surface area contributed by atoms with Crippen molar-refractivity contribution in [1.82, 2.24) is 0 Å². The Morgan fingerprint density at radius 3 is 1.57 bits per heavy atom. The average molecular weight is 214 g/mol. The van der Waals surface area contributed by atoms with Crippen molar-refractivity contribution in [2.45, 2.75) is 30.4 Å². The summed E-state index contributed by atoms with van der Waals surface area (Å²) in [5, 5.41) is 69.1. The van der Waals surface area contributed by atoms with Crippen molar-refractivity contribution in [3.8, 4) is 0 Å². The normalized spacial score (nSPS) is 21.4. The molecule has 8 heteroatoms. The van der Waals surface area contributed by atoms with Gasteiger partial charge in [0.1, 0.15) is 18.3 Å². The predicted molar refractivity (Wildman–Crippen MR) is 40.5 cm³/mol. The number of aliphatic hydroxyl groups excluding tert-OH is 5. The van der Waals surface area contributed by atoms with Crippen LogP contribution in [0.3, 0.4) is 0 Å². The van der Waals surface area contributed by atoms with E-state index in [0.29, 0.717) is 0 Å². The van der Waals surface area contributed by atoms with E-state index >= 15 is 0 Å². The van der Waals surface area contributed by atoms with Gasteiger partial charge in [-0.05, 0) is 0 Å². The Hall–Kier alpha value is -0.320. The van der Waals surface area contributed by atoms with Crippen molar-refractivity contribution in [3.05, 3.63) is 0 Å². The lowest BCUT2D eigenvalue weighted by Gasteiger charge is -2.29. The summed E-state index contributed by atoms with van der Waals surface area (Å²) in [6, 6.07) is 0. The number of rotatable bonds is 5. The summed E-state index contributed by atoms with van der Waals surface area (Å²) in [7, 11) is 0. The van der Waals surface area contributed by atoms with Crippen LogP contribution in [0, 0.1) is 0 Å². The van der Waals surface area contributed by atoms with Crippen LogP contribution in [0.1, 0.15) is 0 Å². The summed E-state index contributed by atoms with van der Waals surface area (Å²) in [6.45, 7) is -0.903. The van der Waals surface area contributed by atoms with E-state index in [0.717, 1.165) is 0 Å². The number of hydrogen-bond donors (Lipinski definition) is 8. The largest absolute Gasteiger partial charge is 0.394 e. The highest BCUT2D eigenvalue weighted by atomic mass is 16.7. The van der Waals surface area contributed by atoms with Gasteiger partial charge in [-0.15, -0.1) is 0 Å². The van der Waals surface area contributed by atoms with Gasteiger partial charge in [0.15, 0.2) is 6.10 Å². The van der Waals surface area contributed by atoms with E-state index < -0.39 is 37.0 Å². The fourth-order valence-corrected chi connectivity index (χ4v) is 0.751. The quantitative estimate of drug-likeness (QED) is 0.211. The molecular formula is C6H14O8. The third-order valence-electron chi connectivity index (χ3n) is 1.65. The van der Waals surface area contributed by atoms with Crippen LogP contribution in [-0.4, -0.2) is 77.8 Å². The average Bonchev–Trinajstić information content (AvgIpc) is 2.11. The first kappa shape index (κ1) is 13.7. The first-order valence-electron chi connectivity index (χ1n) is 3.72. The molecule has 14 heavy (non-hydrogen) atoms. The Bertz CT molecular complexity index is 166. The first-order chi connectivity index (χ1) is 6.21. The van der Waals surface area contributed by atoms with Gasteiger partial charge in [0.2, 0.25) is 0 Å². The van der Waals surface area contributed by atoms with Crippen LogP contribution in [0.25, 0.3) is 0 Å². The van der Waals surface area contributed by atoms with Crippen LogP contribution in [-0.2, 0) is 0 Å². The topological polar surface area (TPSA) is 162 Å². The highest BCUT2D eigenvalue weighted by molar-refractivity contribution is 4.83. The molecule has 0 aliphatic heterocycles. The van der Waals surface area contributed by atoms with E-state index in [-0.39, 0.29) is 0 Å². The van der Waals surface area contributed by atoms with Crippen molar-refractivity contribution in [2.75, 3.05) is 6.61 Å². The lowest BCUT2D eigenvalue weighted by Crippen LogP contribution is -2.55. The summed E-state index contributed by atoms with van der Waals surface area (Å²) in [5.41, 5.74) is 0. The highest BCUT2D eigenvalue weighted by Gasteiger charge is 2.41. The predicted octanol–water partition coefficient (Wildman–Crippen LogP) is -4.95. The SMILES string of the molecule is OC[C@H](O)[C@@H](O)[C@@H](O)[C@@H](O)C(O)(O)O. The summed E-state index contributed by atoms with van der Waals surface area (Å²) in [5.74, 6) is -3.60. The van der Waals surface area contributed by atoms with Gasteiger partial charge < -0.3 is 40.9 Å². The van der Waals surface area contributed by atoms with Gasteiger partial charge in [0, 0.05) is 0 Å². The van der Waals surface area contributed by atoms with E-state index in [9.17, 15) is 0 Å². The van der Waals surface area contributed by atoms with Crippen LogP contribution in [0.2, 0.25) is 0 Å². The molecule has 86 valence electrons. The van der Waals surface area contributed by atoms with Gasteiger partial charge >= 0.3 is 5.97 Å². The second-order valence-corrected chi connectivity index (χ2v) is 2.86. The second-order valence-electron chi connectivity index (χ2n) is 2.86. The zero-order valence-electron chi connectivity index (χ0n) is 7.09. The fourth-order valence-electron chi connectivity index (χ4n) is 0.751. The molecule has 0 aliphatic carbocycles. The van der Waals surface area contributed by atoms with Crippen LogP contribution < -0.4 is 0 Å². The molecule has 0 fully saturated rings. The maximum atomic E-state index is 8.97. The fraction of sp³-hybridized carbons (Fsp3) is 1.00. The molecule has 4 atom stereocenters. The molecule has 0 bridgehead atoms. The molecule has 8 N–H and O–H groups in total. The third-order valence-corrected chi connectivity index (χ3v) is 1.65. The van der Waals surface area contributed by atoms with E-state index in [1.165, 1.54) is 0 Å². The van der Waals surface area contributed by atoms with Gasteiger partial charge in [-0.1, -0.05) is 0 Å². The Morgan fingerprint density at radius 2 is 1.29 bits per heavy atom. The third kappa shape index (κ3) is 3.44. The minimum absolute atomic E-state index is 0.903. The van der Waals surface area contributed by atoms with E-state index in [1.54, 1.807) is 0 Å². The van der Waals surface area contributed by atoms with E-state index in [2.05, 4.69) is 0 Å². The smallest absolute Gasteiger partial charge is 0.305 e. The standard InChI is InChI=1S/C6H14O8/c7-1-2(8)3(9)4(10)5(11)6(12,13)14/h2-5,7-14H,1H2/t2-,3+,4+,5+/m0/s1. The molecule has 0 aliphatic rings. The van der Waals surface area contributed by atoms with Gasteiger partial charge in [0.25, 0.3) is 0 Å². The lowest BCUT2D eigenvalue weighted by atomic mass is 10.0. The summed E-state index contributed by atoms with van der Waals surface area (Å²) in [6.07, 6.45) is -8.53. The van der Waals surface area contributed by atoms with Crippen molar-refractivity contribution in [1.29, 1.82) is 0 Å².